The summed E-state index contributed by atoms with van der Waals surface area (Å²) in [6.07, 6.45) is 0. The van der Waals surface area contributed by atoms with Crippen molar-refractivity contribution in [2.45, 2.75) is 0 Å². The van der Waals surface area contributed by atoms with Gasteiger partial charge in [0, 0.05) is 14.1 Å². The van der Waals surface area contributed by atoms with Crippen LogP contribution in [0.1, 0.15) is 0 Å². The summed E-state index contributed by atoms with van der Waals surface area (Å²) in [6, 6.07) is 0. The van der Waals surface area contributed by atoms with Crippen molar-refractivity contribution in [1.82, 2.24) is 19.1 Å². The molecule has 15 heavy (non-hydrogen) atoms. The fourth-order valence-corrected chi connectivity index (χ4v) is 1.44. The highest BCUT2D eigenvalue weighted by molar-refractivity contribution is 5.73. The summed E-state index contributed by atoms with van der Waals surface area (Å²) < 4.78 is 2.73. The van der Waals surface area contributed by atoms with Gasteiger partial charge in [-0.25, -0.2) is 10.6 Å². The van der Waals surface area contributed by atoms with Gasteiger partial charge in [0.1, 0.15) is 0 Å². The lowest BCUT2D eigenvalue weighted by molar-refractivity contribution is 0.829. The number of H-pyrrole nitrogens is 1. The van der Waals surface area contributed by atoms with Crippen LogP contribution < -0.4 is 22.5 Å². The maximum Gasteiger partial charge on any atom is 0.329 e. The first kappa shape index (κ1) is 9.46. The molecule has 0 amide bonds. The van der Waals surface area contributed by atoms with E-state index in [-0.39, 0.29) is 0 Å². The van der Waals surface area contributed by atoms with E-state index in [0.717, 1.165) is 0 Å². The highest BCUT2D eigenvalue weighted by atomic mass is 16.2. The summed E-state index contributed by atoms with van der Waals surface area (Å²) in [5, 5.41) is 0. The van der Waals surface area contributed by atoms with Crippen LogP contribution in [-0.2, 0) is 14.1 Å². The number of fused-ring (bicyclic) bond motifs is 1. The Morgan fingerprint density at radius 2 is 2.00 bits per heavy atom. The molecule has 80 valence electrons. The van der Waals surface area contributed by atoms with E-state index >= 15 is 0 Å². The van der Waals surface area contributed by atoms with Gasteiger partial charge in [0.25, 0.3) is 5.56 Å². The van der Waals surface area contributed by atoms with Gasteiger partial charge in [0.2, 0.25) is 5.95 Å². The van der Waals surface area contributed by atoms with Gasteiger partial charge in [0.15, 0.2) is 11.2 Å². The second-order valence-electron chi connectivity index (χ2n) is 3.13. The number of nitrogens with zero attached hydrogens (tertiary/aromatic N) is 3. The van der Waals surface area contributed by atoms with Gasteiger partial charge in [-0.05, 0) is 0 Å². The van der Waals surface area contributed by atoms with E-state index in [1.54, 1.807) is 7.05 Å². The molecule has 0 aliphatic carbocycles. The number of aryl methyl sites for hydroxylation is 2. The Morgan fingerprint density at radius 3 is 2.60 bits per heavy atom. The lowest BCUT2D eigenvalue weighted by Crippen LogP contribution is -2.29. The molecule has 2 heterocycles. The lowest BCUT2D eigenvalue weighted by Gasteiger charge is -1.98. The predicted molar refractivity (Wildman–Crippen MR) is 54.4 cm³/mol. The van der Waals surface area contributed by atoms with Gasteiger partial charge in [-0.15, -0.1) is 0 Å². The molecule has 4 N–H and O–H groups in total. The maximum absolute atomic E-state index is 11.5. The number of aromatic amines is 1. The van der Waals surface area contributed by atoms with Crippen molar-refractivity contribution in [3.8, 4) is 0 Å². The van der Waals surface area contributed by atoms with Gasteiger partial charge in [-0.3, -0.25) is 19.8 Å². The van der Waals surface area contributed by atoms with Gasteiger partial charge < -0.3 is 4.57 Å². The van der Waals surface area contributed by atoms with Crippen LogP contribution in [0.4, 0.5) is 5.95 Å². The number of hydrazine groups is 1. The van der Waals surface area contributed by atoms with Gasteiger partial charge in [-0.2, -0.15) is 4.98 Å². The third-order valence-electron chi connectivity index (χ3n) is 2.26. The SMILES string of the molecule is Cn1c(NN)nc2c1c(=O)[nH]c(=O)n2C. The van der Waals surface area contributed by atoms with Crippen LogP contribution in [0.2, 0.25) is 0 Å². The first-order chi connectivity index (χ1) is 7.06. The summed E-state index contributed by atoms with van der Waals surface area (Å²) in [4.78, 5) is 29.0. The molecule has 0 aliphatic heterocycles. The zero-order chi connectivity index (χ0) is 11.2. The van der Waals surface area contributed by atoms with Crippen LogP contribution in [0, 0.1) is 0 Å². The maximum atomic E-state index is 11.5. The number of anilines is 1. The van der Waals surface area contributed by atoms with E-state index in [4.69, 9.17) is 5.84 Å². The Kier molecular flexibility index (Phi) is 1.86. The largest absolute Gasteiger partial charge is 0.329 e. The molecular weight excluding hydrogens is 200 g/mol. The van der Waals surface area contributed by atoms with Crippen molar-refractivity contribution in [3.63, 3.8) is 0 Å². The zero-order valence-electron chi connectivity index (χ0n) is 8.24. The monoisotopic (exact) mass is 210 g/mol. The molecule has 0 saturated carbocycles. The summed E-state index contributed by atoms with van der Waals surface area (Å²) in [7, 11) is 3.15. The molecule has 8 heteroatoms. The first-order valence-corrected chi connectivity index (χ1v) is 4.18. The summed E-state index contributed by atoms with van der Waals surface area (Å²) in [5.41, 5.74) is 1.94. The van der Waals surface area contributed by atoms with Crippen LogP contribution in [0.3, 0.4) is 0 Å². The van der Waals surface area contributed by atoms with Crippen LogP contribution in [0.5, 0.6) is 0 Å². The molecule has 0 radical (unpaired) electrons. The van der Waals surface area contributed by atoms with Crippen molar-refractivity contribution >= 4 is 17.1 Å². The van der Waals surface area contributed by atoms with E-state index in [2.05, 4.69) is 15.4 Å². The molecule has 0 unspecified atom stereocenters. The fourth-order valence-electron chi connectivity index (χ4n) is 1.44. The standard InChI is InChI=1S/C7H10N6O2/c1-12-3-4(9-6(12)11-8)13(2)7(15)10-5(3)14/h8H2,1-2H3,(H,9,11)(H,10,14,15). The van der Waals surface area contributed by atoms with E-state index in [1.807, 2.05) is 0 Å². The molecule has 0 fully saturated rings. The van der Waals surface area contributed by atoms with Crippen molar-refractivity contribution in [1.29, 1.82) is 0 Å². The third kappa shape index (κ3) is 1.15. The molecule has 0 aromatic carbocycles. The highest BCUT2D eigenvalue weighted by Crippen LogP contribution is 2.10. The lowest BCUT2D eigenvalue weighted by atomic mass is 10.5. The van der Waals surface area contributed by atoms with Crippen LogP contribution in [0.25, 0.3) is 11.2 Å². The Labute approximate surface area is 83.3 Å². The van der Waals surface area contributed by atoms with Crippen molar-refractivity contribution in [3.05, 3.63) is 20.8 Å². The molecule has 8 nitrogen and oxygen atoms in total. The molecule has 2 aromatic heterocycles. The Hall–Kier alpha value is -2.09. The van der Waals surface area contributed by atoms with Crippen LogP contribution >= 0.6 is 0 Å². The molecule has 0 spiro atoms. The van der Waals surface area contributed by atoms with Crippen LogP contribution in [-0.4, -0.2) is 19.1 Å². The van der Waals surface area contributed by atoms with Gasteiger partial charge in [-0.1, -0.05) is 0 Å². The second-order valence-corrected chi connectivity index (χ2v) is 3.13. The molecule has 0 bridgehead atoms. The second kappa shape index (κ2) is 2.95. The number of hydrogen-bond acceptors (Lipinski definition) is 5. The Morgan fingerprint density at radius 1 is 1.33 bits per heavy atom. The number of aromatic nitrogens is 4. The van der Waals surface area contributed by atoms with Crippen LogP contribution in [0.15, 0.2) is 9.59 Å². The quantitative estimate of drug-likeness (QED) is 0.381. The minimum atomic E-state index is -0.505. The molecule has 0 atom stereocenters. The molecule has 0 aliphatic rings. The smallest absolute Gasteiger partial charge is 0.306 e. The summed E-state index contributed by atoms with van der Waals surface area (Å²) in [6.45, 7) is 0. The molecule has 2 aromatic rings. The van der Waals surface area contributed by atoms with E-state index in [0.29, 0.717) is 17.1 Å². The van der Waals surface area contributed by atoms with E-state index < -0.39 is 11.2 Å². The molecular formula is C7H10N6O2. The number of imidazole rings is 1. The normalized spacial score (nSPS) is 10.9. The molecule has 0 saturated heterocycles. The van der Waals surface area contributed by atoms with Crippen molar-refractivity contribution in [2.24, 2.45) is 19.9 Å². The van der Waals surface area contributed by atoms with E-state index in [1.165, 1.54) is 16.2 Å². The number of nitrogens with one attached hydrogen (secondary N) is 2. The van der Waals surface area contributed by atoms with Crippen molar-refractivity contribution in [2.75, 3.05) is 5.43 Å². The Bertz CT molecular complexity index is 633. The zero-order valence-corrected chi connectivity index (χ0v) is 8.24. The highest BCUT2D eigenvalue weighted by Gasteiger charge is 2.13. The number of rotatable bonds is 1. The average Bonchev–Trinajstić information content (AvgIpc) is 2.53. The van der Waals surface area contributed by atoms with Gasteiger partial charge in [0.05, 0.1) is 0 Å². The predicted octanol–water partition coefficient (Wildman–Crippen LogP) is -1.75. The minimum Gasteiger partial charge on any atom is -0.306 e. The van der Waals surface area contributed by atoms with E-state index in [9.17, 15) is 9.59 Å². The Balaban J connectivity index is 3.07. The number of nitrogen functional groups attached to an aromatic ring is 1. The summed E-state index contributed by atoms with van der Waals surface area (Å²) >= 11 is 0. The number of hydrogen-bond donors (Lipinski definition) is 3. The first-order valence-electron chi connectivity index (χ1n) is 4.18. The fraction of sp³-hybridized carbons (Fsp3) is 0.286. The third-order valence-corrected chi connectivity index (χ3v) is 2.26. The van der Waals surface area contributed by atoms with Gasteiger partial charge >= 0.3 is 5.69 Å². The minimum absolute atomic E-state index is 0.291. The molecule has 2 rings (SSSR count). The summed E-state index contributed by atoms with van der Waals surface area (Å²) in [5.74, 6) is 5.54. The topological polar surface area (TPSA) is 111 Å². The number of nitrogens with two attached hydrogens (primary N) is 1. The average molecular weight is 210 g/mol. The van der Waals surface area contributed by atoms with Crippen molar-refractivity contribution < 1.29 is 0 Å².